The van der Waals surface area contributed by atoms with Gasteiger partial charge in [-0.25, -0.2) is 13.1 Å². The van der Waals surface area contributed by atoms with E-state index in [9.17, 15) is 18.0 Å². The van der Waals surface area contributed by atoms with Crippen molar-refractivity contribution in [1.82, 2.24) is 10.0 Å². The molecule has 0 spiro atoms. The summed E-state index contributed by atoms with van der Waals surface area (Å²) < 4.78 is 42.9. The van der Waals surface area contributed by atoms with Gasteiger partial charge in [0.2, 0.25) is 15.9 Å². The Morgan fingerprint density at radius 3 is 2.30 bits per heavy atom. The Morgan fingerprint density at radius 2 is 1.67 bits per heavy atom. The van der Waals surface area contributed by atoms with Crippen molar-refractivity contribution in [2.75, 3.05) is 27.9 Å². The standard InChI is InChI=1S/C23H30N2O7S/c1-15-6-7-16(2)21(12-15)33(28,29)24-11-10-22(26)25-18(14-23(27)32-5)17-8-9-19(30-3)20(13-17)31-4/h6-9,12-13,18,24H,10-11,14H2,1-5H3,(H,25,26). The topological polar surface area (TPSA) is 120 Å². The zero-order valence-electron chi connectivity index (χ0n) is 19.4. The van der Waals surface area contributed by atoms with Crippen LogP contribution in [0.15, 0.2) is 41.3 Å². The number of benzene rings is 2. The normalized spacial score (nSPS) is 12.0. The molecular weight excluding hydrogens is 448 g/mol. The lowest BCUT2D eigenvalue weighted by Crippen LogP contribution is -2.34. The first kappa shape index (κ1) is 26.1. The van der Waals surface area contributed by atoms with Crippen molar-refractivity contribution in [2.24, 2.45) is 0 Å². The molecule has 0 aliphatic heterocycles. The van der Waals surface area contributed by atoms with Gasteiger partial charge in [0.05, 0.1) is 38.7 Å². The van der Waals surface area contributed by atoms with E-state index in [-0.39, 0.29) is 24.3 Å². The molecular formula is C23H30N2O7S. The van der Waals surface area contributed by atoms with Crippen LogP contribution in [0.4, 0.5) is 0 Å². The van der Waals surface area contributed by atoms with Crippen molar-refractivity contribution < 1.29 is 32.2 Å². The van der Waals surface area contributed by atoms with Gasteiger partial charge in [0, 0.05) is 13.0 Å². The second kappa shape index (κ2) is 11.7. The number of ether oxygens (including phenoxy) is 3. The molecule has 2 N–H and O–H groups in total. The molecule has 0 aromatic heterocycles. The molecule has 0 radical (unpaired) electrons. The number of hydrogen-bond donors (Lipinski definition) is 2. The molecule has 2 aromatic rings. The van der Waals surface area contributed by atoms with Gasteiger partial charge in [-0.1, -0.05) is 18.2 Å². The van der Waals surface area contributed by atoms with Gasteiger partial charge in [-0.15, -0.1) is 0 Å². The van der Waals surface area contributed by atoms with Crippen molar-refractivity contribution in [3.63, 3.8) is 0 Å². The number of amides is 1. The second-order valence-electron chi connectivity index (χ2n) is 7.43. The molecule has 0 fully saturated rings. The molecule has 0 saturated carbocycles. The molecule has 1 unspecified atom stereocenters. The Labute approximate surface area is 194 Å². The Morgan fingerprint density at radius 1 is 0.970 bits per heavy atom. The lowest BCUT2D eigenvalue weighted by molar-refractivity contribution is -0.141. The fraction of sp³-hybridized carbons (Fsp3) is 0.391. The molecule has 0 saturated heterocycles. The lowest BCUT2D eigenvalue weighted by atomic mass is 10.0. The van der Waals surface area contributed by atoms with E-state index in [4.69, 9.17) is 14.2 Å². The van der Waals surface area contributed by atoms with Crippen molar-refractivity contribution in [3.8, 4) is 11.5 Å². The van der Waals surface area contributed by atoms with E-state index in [1.807, 2.05) is 13.0 Å². The summed E-state index contributed by atoms with van der Waals surface area (Å²) in [4.78, 5) is 24.6. The highest BCUT2D eigenvalue weighted by Crippen LogP contribution is 2.31. The predicted octanol–water partition coefficient (Wildman–Crippen LogP) is 2.41. The van der Waals surface area contributed by atoms with Crippen molar-refractivity contribution >= 4 is 21.9 Å². The maximum Gasteiger partial charge on any atom is 0.307 e. The van der Waals surface area contributed by atoms with Gasteiger partial charge in [-0.2, -0.15) is 0 Å². The maximum absolute atomic E-state index is 12.6. The fourth-order valence-electron chi connectivity index (χ4n) is 3.21. The summed E-state index contributed by atoms with van der Waals surface area (Å²) in [6.07, 6.45) is -0.221. The van der Waals surface area contributed by atoms with Crippen molar-refractivity contribution in [3.05, 3.63) is 53.1 Å². The summed E-state index contributed by atoms with van der Waals surface area (Å²) >= 11 is 0. The van der Waals surface area contributed by atoms with Gasteiger partial charge in [-0.3, -0.25) is 9.59 Å². The summed E-state index contributed by atoms with van der Waals surface area (Å²) in [5, 5.41) is 2.76. The number of aryl methyl sites for hydroxylation is 2. The highest BCUT2D eigenvalue weighted by molar-refractivity contribution is 7.89. The summed E-state index contributed by atoms with van der Waals surface area (Å²) in [5.41, 5.74) is 2.05. The van der Waals surface area contributed by atoms with Gasteiger partial charge in [0.25, 0.3) is 0 Å². The highest BCUT2D eigenvalue weighted by atomic mass is 32.2. The minimum Gasteiger partial charge on any atom is -0.493 e. The van der Waals surface area contributed by atoms with Crippen LogP contribution in [0.2, 0.25) is 0 Å². The van der Waals surface area contributed by atoms with E-state index in [0.717, 1.165) is 5.56 Å². The van der Waals surface area contributed by atoms with Crippen LogP contribution < -0.4 is 19.5 Å². The third-order valence-corrected chi connectivity index (χ3v) is 6.62. The third-order valence-electron chi connectivity index (χ3n) is 5.02. The molecule has 9 nitrogen and oxygen atoms in total. The van der Waals surface area contributed by atoms with Gasteiger partial charge in [0.15, 0.2) is 11.5 Å². The average molecular weight is 479 g/mol. The lowest BCUT2D eigenvalue weighted by Gasteiger charge is -2.20. The molecule has 2 rings (SSSR count). The molecule has 0 bridgehead atoms. The number of hydrogen-bond acceptors (Lipinski definition) is 7. The first-order valence-corrected chi connectivity index (χ1v) is 11.7. The van der Waals surface area contributed by atoms with Crippen molar-refractivity contribution in [2.45, 2.75) is 37.6 Å². The Balaban J connectivity index is 2.09. The maximum atomic E-state index is 12.6. The molecule has 180 valence electrons. The van der Waals surface area contributed by atoms with Crippen molar-refractivity contribution in [1.29, 1.82) is 0 Å². The first-order valence-electron chi connectivity index (χ1n) is 10.3. The van der Waals surface area contributed by atoms with Gasteiger partial charge in [0.1, 0.15) is 0 Å². The van der Waals surface area contributed by atoms with Gasteiger partial charge in [-0.05, 0) is 48.7 Å². The third kappa shape index (κ3) is 7.19. The Hall–Kier alpha value is -3.11. The predicted molar refractivity (Wildman–Crippen MR) is 123 cm³/mol. The van der Waals surface area contributed by atoms with E-state index in [1.165, 1.54) is 21.3 Å². The number of sulfonamides is 1. The minimum absolute atomic E-state index is 0.0988. The fourth-order valence-corrected chi connectivity index (χ4v) is 4.57. The quantitative estimate of drug-likeness (QED) is 0.476. The number of carbonyl (C=O) groups is 2. The van der Waals surface area contributed by atoms with Crippen LogP contribution in [0.3, 0.4) is 0 Å². The molecule has 2 aromatic carbocycles. The van der Waals surface area contributed by atoms with E-state index >= 15 is 0 Å². The summed E-state index contributed by atoms with van der Waals surface area (Å²) in [7, 11) is 0.486. The smallest absolute Gasteiger partial charge is 0.307 e. The molecule has 0 aliphatic carbocycles. The molecule has 1 amide bonds. The largest absolute Gasteiger partial charge is 0.493 e. The zero-order valence-corrected chi connectivity index (χ0v) is 20.2. The van der Waals surface area contributed by atoms with Crippen LogP contribution in [0, 0.1) is 13.8 Å². The number of methoxy groups -OCH3 is 3. The summed E-state index contributed by atoms with van der Waals surface area (Å²) in [6.45, 7) is 3.42. The number of rotatable bonds is 11. The van der Waals surface area contributed by atoms with Crippen LogP contribution in [0.25, 0.3) is 0 Å². The number of carbonyl (C=O) groups excluding carboxylic acids is 2. The summed E-state index contributed by atoms with van der Waals surface area (Å²) in [6, 6.07) is 9.49. The molecule has 10 heteroatoms. The van der Waals surface area contributed by atoms with Crippen LogP contribution in [-0.2, 0) is 24.3 Å². The van der Waals surface area contributed by atoms with Crippen LogP contribution >= 0.6 is 0 Å². The number of esters is 1. The SMILES string of the molecule is COC(=O)CC(NC(=O)CCNS(=O)(=O)c1cc(C)ccc1C)c1ccc(OC)c(OC)c1. The Kier molecular flexibility index (Phi) is 9.24. The molecule has 1 atom stereocenters. The number of nitrogens with one attached hydrogen (secondary N) is 2. The van der Waals surface area contributed by atoms with Gasteiger partial charge < -0.3 is 19.5 Å². The zero-order chi connectivity index (χ0) is 24.6. The molecule has 0 aliphatic rings. The molecule has 33 heavy (non-hydrogen) atoms. The summed E-state index contributed by atoms with van der Waals surface area (Å²) in [5.74, 6) is 0.0127. The van der Waals surface area contributed by atoms with E-state index in [1.54, 1.807) is 37.3 Å². The van der Waals surface area contributed by atoms with Crippen LogP contribution in [0.1, 0.15) is 35.6 Å². The van der Waals surface area contributed by atoms with E-state index < -0.39 is 27.9 Å². The van der Waals surface area contributed by atoms with E-state index in [2.05, 4.69) is 10.0 Å². The van der Waals surface area contributed by atoms with Crippen LogP contribution in [0.5, 0.6) is 11.5 Å². The first-order chi connectivity index (χ1) is 15.6. The van der Waals surface area contributed by atoms with Crippen LogP contribution in [-0.4, -0.2) is 48.2 Å². The highest BCUT2D eigenvalue weighted by Gasteiger charge is 2.22. The average Bonchev–Trinajstić information content (AvgIpc) is 2.79. The second-order valence-corrected chi connectivity index (χ2v) is 9.17. The minimum atomic E-state index is -3.76. The van der Waals surface area contributed by atoms with E-state index in [0.29, 0.717) is 22.6 Å². The van der Waals surface area contributed by atoms with Gasteiger partial charge >= 0.3 is 5.97 Å². The Bertz CT molecular complexity index is 1100. The monoisotopic (exact) mass is 478 g/mol. The molecule has 0 heterocycles.